The van der Waals surface area contributed by atoms with E-state index in [4.69, 9.17) is 10.5 Å². The average Bonchev–Trinajstić information content (AvgIpc) is 2.80. The van der Waals surface area contributed by atoms with E-state index in [9.17, 15) is 0 Å². The number of benzene rings is 2. The third-order valence-corrected chi connectivity index (χ3v) is 7.97. The lowest BCUT2D eigenvalue weighted by molar-refractivity contribution is -0.0331. The number of hydrogen-bond donors (Lipinski definition) is 1. The second kappa shape index (κ2) is 7.35. The van der Waals surface area contributed by atoms with E-state index in [-0.39, 0.29) is 16.3 Å². The van der Waals surface area contributed by atoms with Crippen LogP contribution in [0, 0.1) is 0 Å². The minimum atomic E-state index is -0.151. The summed E-state index contributed by atoms with van der Waals surface area (Å²) in [6.45, 7) is 2.54. The molecule has 2 heterocycles. The Morgan fingerprint density at radius 1 is 0.962 bits per heavy atom. The van der Waals surface area contributed by atoms with E-state index in [1.54, 1.807) is 0 Å². The first-order valence-electron chi connectivity index (χ1n) is 9.49. The van der Waals surface area contributed by atoms with E-state index in [1.165, 1.54) is 11.1 Å². The van der Waals surface area contributed by atoms with Gasteiger partial charge >= 0.3 is 0 Å². The average molecular weight is 369 g/mol. The maximum Gasteiger partial charge on any atom is 0.0842 e. The Kier molecular flexibility index (Phi) is 5.11. The summed E-state index contributed by atoms with van der Waals surface area (Å²) in [4.78, 5) is 2.54. The fourth-order valence-corrected chi connectivity index (χ4v) is 6.68. The second-order valence-electron chi connectivity index (χ2n) is 7.51. The van der Waals surface area contributed by atoms with Crippen LogP contribution in [0.3, 0.4) is 0 Å². The lowest BCUT2D eigenvalue weighted by Gasteiger charge is -2.56. The number of ether oxygens (including phenoxy) is 1. The first-order chi connectivity index (χ1) is 12.7. The number of likely N-dealkylation sites (N-methyl/N-ethyl adjacent to an activating group) is 1. The third-order valence-electron chi connectivity index (χ3n) is 6.09. The van der Waals surface area contributed by atoms with Gasteiger partial charge in [-0.15, -0.1) is 11.8 Å². The molecule has 3 nitrogen and oxygen atoms in total. The minimum absolute atomic E-state index is 0.00720. The second-order valence-corrected chi connectivity index (χ2v) is 8.74. The Morgan fingerprint density at radius 3 is 2.04 bits per heavy atom. The van der Waals surface area contributed by atoms with Gasteiger partial charge in [-0.05, 0) is 31.0 Å². The molecule has 0 saturated carbocycles. The summed E-state index contributed by atoms with van der Waals surface area (Å²) in [6.07, 6.45) is 2.04. The highest BCUT2D eigenvalue weighted by molar-refractivity contribution is 8.00. The standard InChI is InChI=1S/C22H28N2OS/c1-24-16-20(23)17-26-22(18-8-4-2-5-9-18,19-10-6-3-7-11-19)21(24)12-14-25-15-13-21/h2-11,20H,12-17,23H2,1H3/t20-/m1/s1. The van der Waals surface area contributed by atoms with Crippen LogP contribution >= 0.6 is 11.8 Å². The Labute approximate surface area is 160 Å². The highest BCUT2D eigenvalue weighted by Gasteiger charge is 2.58. The van der Waals surface area contributed by atoms with Gasteiger partial charge in [0.15, 0.2) is 0 Å². The molecule has 2 fully saturated rings. The molecule has 0 bridgehead atoms. The molecule has 0 radical (unpaired) electrons. The van der Waals surface area contributed by atoms with E-state index in [1.807, 2.05) is 11.8 Å². The van der Waals surface area contributed by atoms with Gasteiger partial charge in [0.05, 0.1) is 4.75 Å². The van der Waals surface area contributed by atoms with Crippen LogP contribution < -0.4 is 5.73 Å². The number of thioether (sulfide) groups is 1. The molecule has 2 aliphatic heterocycles. The molecule has 138 valence electrons. The Bertz CT molecular complexity index is 676. The fourth-order valence-electron chi connectivity index (χ4n) is 4.87. The summed E-state index contributed by atoms with van der Waals surface area (Å²) in [5.74, 6) is 0.955. The van der Waals surface area contributed by atoms with Crippen LogP contribution in [-0.2, 0) is 9.48 Å². The zero-order chi connectivity index (χ0) is 18.0. The van der Waals surface area contributed by atoms with Crippen molar-refractivity contribution in [3.63, 3.8) is 0 Å². The summed E-state index contributed by atoms with van der Waals surface area (Å²) >= 11 is 2.03. The lowest BCUT2D eigenvalue weighted by Crippen LogP contribution is -2.62. The molecule has 2 N–H and O–H groups in total. The van der Waals surface area contributed by atoms with Crippen molar-refractivity contribution >= 4 is 11.8 Å². The van der Waals surface area contributed by atoms with E-state index < -0.39 is 0 Å². The molecule has 0 aromatic heterocycles. The molecule has 0 aliphatic carbocycles. The maximum absolute atomic E-state index is 6.50. The zero-order valence-corrected chi connectivity index (χ0v) is 16.3. The normalized spacial score (nSPS) is 25.7. The molecule has 1 spiro atoms. The predicted octanol–water partition coefficient (Wildman–Crippen LogP) is 3.49. The topological polar surface area (TPSA) is 38.5 Å². The Morgan fingerprint density at radius 2 is 1.50 bits per heavy atom. The number of nitrogens with zero attached hydrogens (tertiary/aromatic N) is 1. The van der Waals surface area contributed by atoms with Gasteiger partial charge in [-0.1, -0.05) is 60.7 Å². The predicted molar refractivity (Wildman–Crippen MR) is 110 cm³/mol. The van der Waals surface area contributed by atoms with Crippen LogP contribution in [0.15, 0.2) is 60.7 Å². The largest absolute Gasteiger partial charge is 0.381 e. The van der Waals surface area contributed by atoms with E-state index in [0.29, 0.717) is 0 Å². The number of nitrogens with two attached hydrogens (primary N) is 1. The third kappa shape index (κ3) is 2.80. The van der Waals surface area contributed by atoms with Gasteiger partial charge < -0.3 is 10.5 Å². The number of rotatable bonds is 2. The molecule has 2 aromatic rings. The summed E-state index contributed by atoms with van der Waals surface area (Å²) in [6, 6.07) is 22.2. The molecular weight excluding hydrogens is 340 g/mol. The van der Waals surface area contributed by atoms with Crippen LogP contribution in [-0.4, -0.2) is 49.0 Å². The maximum atomic E-state index is 6.50. The summed E-state index contributed by atoms with van der Waals surface area (Å²) < 4.78 is 5.66. The summed E-state index contributed by atoms with van der Waals surface area (Å²) in [5.41, 5.74) is 9.24. The van der Waals surface area contributed by atoms with Crippen LogP contribution in [0.2, 0.25) is 0 Å². The van der Waals surface area contributed by atoms with Crippen molar-refractivity contribution in [3.8, 4) is 0 Å². The molecule has 26 heavy (non-hydrogen) atoms. The van der Waals surface area contributed by atoms with Gasteiger partial charge in [-0.25, -0.2) is 0 Å². The first-order valence-corrected chi connectivity index (χ1v) is 10.5. The van der Waals surface area contributed by atoms with Crippen molar-refractivity contribution in [2.45, 2.75) is 29.2 Å². The van der Waals surface area contributed by atoms with Crippen molar-refractivity contribution in [2.24, 2.45) is 5.73 Å². The fraction of sp³-hybridized carbons (Fsp3) is 0.455. The van der Waals surface area contributed by atoms with Crippen molar-refractivity contribution in [3.05, 3.63) is 71.8 Å². The molecule has 1 atom stereocenters. The smallest absolute Gasteiger partial charge is 0.0842 e. The van der Waals surface area contributed by atoms with Crippen molar-refractivity contribution < 1.29 is 4.74 Å². The van der Waals surface area contributed by atoms with Gasteiger partial charge in [0, 0.05) is 37.1 Å². The molecule has 4 rings (SSSR count). The SMILES string of the molecule is CN1C[C@@H](N)CSC(c2ccccc2)(c2ccccc2)C12CCOCC2. The molecular formula is C22H28N2OS. The first kappa shape index (κ1) is 18.1. The van der Waals surface area contributed by atoms with E-state index >= 15 is 0 Å². The molecule has 0 unspecified atom stereocenters. The molecule has 4 heteroatoms. The quantitative estimate of drug-likeness (QED) is 0.881. The van der Waals surface area contributed by atoms with Crippen molar-refractivity contribution in [2.75, 3.05) is 32.6 Å². The van der Waals surface area contributed by atoms with Crippen LogP contribution in [0.4, 0.5) is 0 Å². The van der Waals surface area contributed by atoms with Gasteiger partial charge in [0.2, 0.25) is 0 Å². The highest BCUT2D eigenvalue weighted by Crippen LogP contribution is 2.57. The van der Waals surface area contributed by atoms with Gasteiger partial charge in [0.25, 0.3) is 0 Å². The Balaban J connectivity index is 1.99. The minimum Gasteiger partial charge on any atom is -0.381 e. The van der Waals surface area contributed by atoms with Gasteiger partial charge in [0.1, 0.15) is 0 Å². The van der Waals surface area contributed by atoms with Crippen molar-refractivity contribution in [1.29, 1.82) is 0 Å². The van der Waals surface area contributed by atoms with E-state index in [2.05, 4.69) is 72.6 Å². The monoisotopic (exact) mass is 368 g/mol. The Hall–Kier alpha value is -1.33. The van der Waals surface area contributed by atoms with Crippen LogP contribution in [0.1, 0.15) is 24.0 Å². The van der Waals surface area contributed by atoms with Gasteiger partial charge in [-0.3, -0.25) is 4.90 Å². The van der Waals surface area contributed by atoms with Gasteiger partial charge in [-0.2, -0.15) is 0 Å². The molecule has 2 saturated heterocycles. The zero-order valence-electron chi connectivity index (χ0n) is 15.4. The van der Waals surface area contributed by atoms with Crippen LogP contribution in [0.25, 0.3) is 0 Å². The lowest BCUT2D eigenvalue weighted by atomic mass is 9.68. The summed E-state index contributed by atoms with van der Waals surface area (Å²) in [5, 5.41) is 0. The van der Waals surface area contributed by atoms with E-state index in [0.717, 1.165) is 38.4 Å². The van der Waals surface area contributed by atoms with Crippen LogP contribution in [0.5, 0.6) is 0 Å². The molecule has 0 amide bonds. The molecule has 2 aliphatic rings. The highest BCUT2D eigenvalue weighted by atomic mass is 32.2. The number of hydrogen-bond acceptors (Lipinski definition) is 4. The molecule has 2 aromatic carbocycles. The van der Waals surface area contributed by atoms with Crippen molar-refractivity contribution in [1.82, 2.24) is 4.90 Å². The summed E-state index contributed by atoms with van der Waals surface area (Å²) in [7, 11) is 2.26.